The third-order valence-electron chi connectivity index (χ3n) is 2.96. The van der Waals surface area contributed by atoms with E-state index in [1.54, 1.807) is 0 Å². The van der Waals surface area contributed by atoms with Crippen molar-refractivity contribution in [1.29, 1.82) is 0 Å². The smallest absolute Gasteiger partial charge is 0.341 e. The first-order chi connectivity index (χ1) is 9.70. The van der Waals surface area contributed by atoms with Crippen LogP contribution in [-0.2, 0) is 5.92 Å². The molecule has 0 bridgehead atoms. The molecule has 0 saturated heterocycles. The molecule has 2 aromatic rings. The molecule has 21 heavy (non-hydrogen) atoms. The van der Waals surface area contributed by atoms with E-state index in [4.69, 9.17) is 5.11 Å². The van der Waals surface area contributed by atoms with Crippen molar-refractivity contribution in [3.63, 3.8) is 0 Å². The number of hydrogen-bond acceptors (Lipinski definition) is 1. The maximum atomic E-state index is 13.6. The zero-order valence-corrected chi connectivity index (χ0v) is 10.8. The third-order valence-corrected chi connectivity index (χ3v) is 2.96. The normalized spacial score (nSPS) is 11.5. The van der Waals surface area contributed by atoms with Gasteiger partial charge in [0.15, 0.2) is 0 Å². The summed E-state index contributed by atoms with van der Waals surface area (Å²) in [6, 6.07) is 6.66. The number of benzene rings is 2. The van der Waals surface area contributed by atoms with Crippen molar-refractivity contribution in [3.8, 4) is 11.1 Å². The minimum atomic E-state index is -3.09. The van der Waals surface area contributed by atoms with Crippen LogP contribution >= 0.6 is 0 Å². The molecule has 2 rings (SSSR count). The van der Waals surface area contributed by atoms with Gasteiger partial charge in [-0.15, -0.1) is 0 Å². The quantitative estimate of drug-likeness (QED) is 0.850. The predicted octanol–water partition coefficient (Wildman–Crippen LogP) is 4.44. The average molecular weight is 298 g/mol. The zero-order valence-electron chi connectivity index (χ0n) is 10.8. The van der Waals surface area contributed by atoms with Crippen molar-refractivity contribution in [1.82, 2.24) is 0 Å². The Morgan fingerprint density at radius 3 is 2.10 bits per heavy atom. The van der Waals surface area contributed by atoms with Crippen LogP contribution in [0, 0.1) is 11.6 Å². The summed E-state index contributed by atoms with van der Waals surface area (Å²) in [4.78, 5) is 10.7. The van der Waals surface area contributed by atoms with Crippen molar-refractivity contribution in [2.24, 2.45) is 0 Å². The summed E-state index contributed by atoms with van der Waals surface area (Å²) < 4.78 is 53.7. The second-order valence-electron chi connectivity index (χ2n) is 4.59. The lowest BCUT2D eigenvalue weighted by molar-refractivity contribution is 0.0175. The molecular formula is C15H10F4O2. The van der Waals surface area contributed by atoms with Crippen molar-refractivity contribution in [3.05, 3.63) is 59.2 Å². The van der Waals surface area contributed by atoms with E-state index in [0.29, 0.717) is 6.92 Å². The van der Waals surface area contributed by atoms with Crippen molar-refractivity contribution < 1.29 is 27.5 Å². The number of alkyl halides is 2. The molecule has 0 amide bonds. The van der Waals surface area contributed by atoms with Gasteiger partial charge in [0.25, 0.3) is 5.92 Å². The van der Waals surface area contributed by atoms with Crippen LogP contribution in [0.15, 0.2) is 36.4 Å². The molecule has 110 valence electrons. The van der Waals surface area contributed by atoms with E-state index < -0.39 is 29.1 Å². The summed E-state index contributed by atoms with van der Waals surface area (Å²) in [7, 11) is 0. The van der Waals surface area contributed by atoms with Crippen LogP contribution < -0.4 is 0 Å². The van der Waals surface area contributed by atoms with Crippen LogP contribution in [-0.4, -0.2) is 11.1 Å². The molecule has 0 saturated carbocycles. The zero-order chi connectivity index (χ0) is 15.8. The summed E-state index contributed by atoms with van der Waals surface area (Å²) in [6.07, 6.45) is 0. The SMILES string of the molecule is CC(F)(F)c1cccc(-c2cc(F)c(C(=O)O)c(F)c2)c1. The molecule has 0 aromatic heterocycles. The molecule has 0 aliphatic heterocycles. The molecule has 2 aromatic carbocycles. The van der Waals surface area contributed by atoms with E-state index in [9.17, 15) is 22.4 Å². The number of carbonyl (C=O) groups is 1. The van der Waals surface area contributed by atoms with Crippen LogP contribution in [0.3, 0.4) is 0 Å². The summed E-state index contributed by atoms with van der Waals surface area (Å²) in [5, 5.41) is 8.68. The Labute approximate surface area is 117 Å². The molecule has 0 unspecified atom stereocenters. The van der Waals surface area contributed by atoms with Gasteiger partial charge < -0.3 is 5.11 Å². The van der Waals surface area contributed by atoms with E-state index in [-0.39, 0.29) is 16.7 Å². The highest BCUT2D eigenvalue weighted by molar-refractivity contribution is 5.89. The Hall–Kier alpha value is -2.37. The van der Waals surface area contributed by atoms with Gasteiger partial charge in [-0.05, 0) is 29.3 Å². The highest BCUT2D eigenvalue weighted by atomic mass is 19.3. The van der Waals surface area contributed by atoms with Gasteiger partial charge in [0.05, 0.1) is 0 Å². The van der Waals surface area contributed by atoms with Gasteiger partial charge in [0.2, 0.25) is 0 Å². The summed E-state index contributed by atoms with van der Waals surface area (Å²) in [5.74, 6) is -7.34. The maximum Gasteiger partial charge on any atom is 0.341 e. The van der Waals surface area contributed by atoms with Crippen LogP contribution in [0.4, 0.5) is 17.6 Å². The van der Waals surface area contributed by atoms with Crippen LogP contribution in [0.25, 0.3) is 11.1 Å². The molecule has 0 atom stereocenters. The molecule has 0 fully saturated rings. The van der Waals surface area contributed by atoms with Crippen molar-refractivity contribution >= 4 is 5.97 Å². The highest BCUT2D eigenvalue weighted by Crippen LogP contribution is 2.31. The van der Waals surface area contributed by atoms with Crippen LogP contribution in [0.1, 0.15) is 22.8 Å². The van der Waals surface area contributed by atoms with E-state index in [1.807, 2.05) is 0 Å². The minimum absolute atomic E-state index is 0.0129. The fourth-order valence-corrected chi connectivity index (χ4v) is 1.92. The molecule has 0 radical (unpaired) electrons. The van der Waals surface area contributed by atoms with E-state index in [2.05, 4.69) is 0 Å². The first-order valence-electron chi connectivity index (χ1n) is 5.91. The highest BCUT2D eigenvalue weighted by Gasteiger charge is 2.25. The molecule has 0 heterocycles. The Kier molecular flexibility index (Phi) is 3.72. The van der Waals surface area contributed by atoms with Gasteiger partial charge in [-0.25, -0.2) is 22.4 Å². The van der Waals surface area contributed by atoms with Gasteiger partial charge in [-0.3, -0.25) is 0 Å². The minimum Gasteiger partial charge on any atom is -0.477 e. The summed E-state index contributed by atoms with van der Waals surface area (Å²) in [6.45, 7) is 0.709. The van der Waals surface area contributed by atoms with E-state index >= 15 is 0 Å². The molecule has 6 heteroatoms. The average Bonchev–Trinajstić information content (AvgIpc) is 2.36. The van der Waals surface area contributed by atoms with Crippen molar-refractivity contribution in [2.45, 2.75) is 12.8 Å². The Morgan fingerprint density at radius 1 is 1.05 bits per heavy atom. The number of aromatic carboxylic acids is 1. The van der Waals surface area contributed by atoms with E-state index in [1.165, 1.54) is 18.2 Å². The molecule has 0 spiro atoms. The topological polar surface area (TPSA) is 37.3 Å². The monoisotopic (exact) mass is 298 g/mol. The lowest BCUT2D eigenvalue weighted by atomic mass is 9.99. The van der Waals surface area contributed by atoms with Gasteiger partial charge >= 0.3 is 5.97 Å². The Morgan fingerprint density at radius 2 is 1.62 bits per heavy atom. The van der Waals surface area contributed by atoms with Gasteiger partial charge in [0.1, 0.15) is 17.2 Å². The maximum absolute atomic E-state index is 13.6. The standard InChI is InChI=1S/C15H10F4O2/c1-15(18,19)10-4-2-3-8(5-10)9-6-11(16)13(14(20)21)12(17)7-9/h2-7H,1H3,(H,20,21). The molecule has 1 N–H and O–H groups in total. The number of hydrogen-bond donors (Lipinski definition) is 1. The number of halogens is 4. The molecule has 0 aliphatic carbocycles. The number of carboxylic acid groups (broad SMARTS) is 1. The van der Waals surface area contributed by atoms with Gasteiger partial charge in [-0.1, -0.05) is 18.2 Å². The number of rotatable bonds is 3. The van der Waals surface area contributed by atoms with Crippen LogP contribution in [0.2, 0.25) is 0 Å². The second-order valence-corrected chi connectivity index (χ2v) is 4.59. The Bertz CT molecular complexity index is 682. The van der Waals surface area contributed by atoms with Gasteiger partial charge in [-0.2, -0.15) is 0 Å². The largest absolute Gasteiger partial charge is 0.477 e. The molecule has 0 aliphatic rings. The van der Waals surface area contributed by atoms with Gasteiger partial charge in [0, 0.05) is 12.5 Å². The van der Waals surface area contributed by atoms with Crippen molar-refractivity contribution in [2.75, 3.05) is 0 Å². The molecular weight excluding hydrogens is 288 g/mol. The lowest BCUT2D eigenvalue weighted by Gasteiger charge is -2.12. The first-order valence-corrected chi connectivity index (χ1v) is 5.91. The molecule has 2 nitrogen and oxygen atoms in total. The summed E-state index contributed by atoms with van der Waals surface area (Å²) >= 11 is 0. The van der Waals surface area contributed by atoms with E-state index in [0.717, 1.165) is 18.2 Å². The lowest BCUT2D eigenvalue weighted by Crippen LogP contribution is -2.07. The Balaban J connectivity index is 2.56. The predicted molar refractivity (Wildman–Crippen MR) is 68.3 cm³/mol. The fraction of sp³-hybridized carbons (Fsp3) is 0.133. The number of carboxylic acids is 1. The first kappa shape index (κ1) is 15.0. The fourth-order valence-electron chi connectivity index (χ4n) is 1.92. The van der Waals surface area contributed by atoms with Crippen LogP contribution in [0.5, 0.6) is 0 Å². The summed E-state index contributed by atoms with van der Waals surface area (Å²) in [5.41, 5.74) is -1.22. The third kappa shape index (κ3) is 3.04. The second kappa shape index (κ2) is 5.20.